The van der Waals surface area contributed by atoms with Crippen molar-refractivity contribution < 1.29 is 23.6 Å². The Morgan fingerprint density at radius 2 is 1.33 bits per heavy atom. The minimum Gasteiger partial charge on any atom is -0.465 e. The van der Waals surface area contributed by atoms with E-state index in [2.05, 4.69) is 10.2 Å². The highest BCUT2D eigenvalue weighted by Gasteiger charge is 2.30. The maximum Gasteiger partial charge on any atom is 0.533 e. The van der Waals surface area contributed by atoms with Gasteiger partial charge in [-0.05, 0) is 32.3 Å². The largest absolute Gasteiger partial charge is 0.533 e. The Morgan fingerprint density at radius 3 is 1.61 bits per heavy atom. The van der Waals surface area contributed by atoms with Crippen LogP contribution in [-0.4, -0.2) is 37.2 Å². The molecule has 2 atom stereocenters. The van der Waals surface area contributed by atoms with Crippen LogP contribution >= 0.6 is 8.10 Å². The summed E-state index contributed by atoms with van der Waals surface area (Å²) < 4.78 is 21.1. The van der Waals surface area contributed by atoms with Crippen LogP contribution in [0.3, 0.4) is 0 Å². The molecule has 8 heteroatoms. The summed E-state index contributed by atoms with van der Waals surface area (Å²) in [6.07, 6.45) is 0. The van der Waals surface area contributed by atoms with E-state index in [4.69, 9.17) is 9.47 Å². The lowest BCUT2D eigenvalue weighted by Gasteiger charge is -2.08. The molecule has 0 aliphatic carbocycles. The highest BCUT2D eigenvalue weighted by molar-refractivity contribution is 7.40. The first-order chi connectivity index (χ1) is 8.42. The third-order valence-electron chi connectivity index (χ3n) is 1.90. The molecule has 0 bridgehead atoms. The number of nitrogens with one attached hydrogen (secondary N) is 2. The Kier molecular flexibility index (Phi) is 8.45. The summed E-state index contributed by atoms with van der Waals surface area (Å²) in [5, 5.41) is 5.02. The quantitative estimate of drug-likeness (QED) is 0.499. The first-order valence-corrected chi connectivity index (χ1v) is 7.01. The molecule has 0 aromatic rings. The Balaban J connectivity index is 4.10. The van der Waals surface area contributed by atoms with Crippen LogP contribution in [0.15, 0.2) is 0 Å². The molecule has 104 valence electrons. The average Bonchev–Trinajstić information content (AvgIpc) is 2.29. The molecular formula is C10H20N2O5P+. The van der Waals surface area contributed by atoms with E-state index >= 15 is 0 Å². The fourth-order valence-electron chi connectivity index (χ4n) is 1.03. The molecular weight excluding hydrogens is 259 g/mol. The lowest BCUT2D eigenvalue weighted by atomic mass is 10.4. The number of ether oxygens (including phenoxy) is 2. The van der Waals surface area contributed by atoms with E-state index in [1.165, 1.54) is 13.8 Å². The number of hydrogen-bond donors (Lipinski definition) is 2. The van der Waals surface area contributed by atoms with Crippen molar-refractivity contribution in [2.45, 2.75) is 39.8 Å². The zero-order valence-corrected chi connectivity index (χ0v) is 12.0. The molecule has 0 aliphatic rings. The van der Waals surface area contributed by atoms with Crippen molar-refractivity contribution in [2.75, 3.05) is 13.2 Å². The fourth-order valence-corrected chi connectivity index (χ4v) is 2.02. The molecule has 2 N–H and O–H groups in total. The van der Waals surface area contributed by atoms with Crippen LogP contribution in [0.5, 0.6) is 0 Å². The lowest BCUT2D eigenvalue weighted by molar-refractivity contribution is -0.145. The van der Waals surface area contributed by atoms with Gasteiger partial charge < -0.3 is 9.47 Å². The fraction of sp³-hybridized carbons (Fsp3) is 0.800. The maximum atomic E-state index is 11.6. The van der Waals surface area contributed by atoms with E-state index in [9.17, 15) is 14.2 Å². The second-order valence-corrected chi connectivity index (χ2v) is 4.61. The van der Waals surface area contributed by atoms with Crippen molar-refractivity contribution >= 4 is 20.0 Å². The summed E-state index contributed by atoms with van der Waals surface area (Å²) in [6, 6.07) is -1.43. The molecule has 0 aromatic heterocycles. The van der Waals surface area contributed by atoms with Crippen LogP contribution in [0.2, 0.25) is 0 Å². The van der Waals surface area contributed by atoms with Crippen molar-refractivity contribution in [3.63, 3.8) is 0 Å². The molecule has 0 radical (unpaired) electrons. The van der Waals surface area contributed by atoms with E-state index in [0.717, 1.165) is 0 Å². The van der Waals surface area contributed by atoms with Crippen LogP contribution in [0.25, 0.3) is 0 Å². The minimum absolute atomic E-state index is 0.258. The molecule has 0 spiro atoms. The Morgan fingerprint density at radius 1 is 1.00 bits per heavy atom. The standard InChI is InChI=1S/C10H20N2O5P/c1-5-16-9(13)7(3)11-18(15)12-8(4)10(14)17-6-2/h7-8H,5-6H2,1-4H3,(H2,11,12,15)/q+1. The van der Waals surface area contributed by atoms with E-state index in [-0.39, 0.29) is 13.2 Å². The first-order valence-electron chi connectivity index (χ1n) is 5.75. The van der Waals surface area contributed by atoms with Crippen LogP contribution in [0, 0.1) is 0 Å². The van der Waals surface area contributed by atoms with Crippen molar-refractivity contribution in [1.82, 2.24) is 10.2 Å². The van der Waals surface area contributed by atoms with Gasteiger partial charge in [0.25, 0.3) is 0 Å². The molecule has 0 saturated carbocycles. The normalized spacial score (nSPS) is 14.6. The molecule has 0 aromatic carbocycles. The number of carbonyl (C=O) groups is 2. The number of hydrogen-bond acceptors (Lipinski definition) is 5. The second-order valence-electron chi connectivity index (χ2n) is 3.50. The Hall–Kier alpha value is -1.04. The predicted octanol–water partition coefficient (Wildman–Crippen LogP) is 0.726. The van der Waals surface area contributed by atoms with Gasteiger partial charge in [0.05, 0.1) is 13.2 Å². The zero-order valence-electron chi connectivity index (χ0n) is 11.1. The summed E-state index contributed by atoms with van der Waals surface area (Å²) in [6.45, 7) is 6.95. The summed E-state index contributed by atoms with van der Waals surface area (Å²) in [4.78, 5) is 22.5. The molecule has 7 nitrogen and oxygen atoms in total. The smallest absolute Gasteiger partial charge is 0.465 e. The average molecular weight is 279 g/mol. The van der Waals surface area contributed by atoms with Gasteiger partial charge in [-0.1, -0.05) is 10.2 Å². The monoisotopic (exact) mass is 279 g/mol. The van der Waals surface area contributed by atoms with Gasteiger partial charge in [0.2, 0.25) is 0 Å². The van der Waals surface area contributed by atoms with Crippen molar-refractivity contribution in [3.05, 3.63) is 0 Å². The summed E-state index contributed by atoms with van der Waals surface area (Å²) in [7, 11) is -2.10. The van der Waals surface area contributed by atoms with E-state index in [1.807, 2.05) is 0 Å². The molecule has 2 unspecified atom stereocenters. The van der Waals surface area contributed by atoms with Gasteiger partial charge in [-0.15, -0.1) is 0 Å². The van der Waals surface area contributed by atoms with Gasteiger partial charge in [-0.2, -0.15) is 0 Å². The number of carbonyl (C=O) groups excluding carboxylic acids is 2. The maximum absolute atomic E-state index is 11.6. The summed E-state index contributed by atoms with van der Waals surface area (Å²) >= 11 is 0. The van der Waals surface area contributed by atoms with Crippen LogP contribution < -0.4 is 10.2 Å². The molecule has 0 heterocycles. The first kappa shape index (κ1) is 17.0. The molecule has 18 heavy (non-hydrogen) atoms. The number of esters is 2. The van der Waals surface area contributed by atoms with Gasteiger partial charge in [0.15, 0.2) is 0 Å². The predicted molar refractivity (Wildman–Crippen MR) is 66.1 cm³/mol. The SMILES string of the molecule is CCOC(=O)C(C)N[P+](=O)NC(C)C(=O)OCC. The topological polar surface area (TPSA) is 93.7 Å². The van der Waals surface area contributed by atoms with Crippen LogP contribution in [0.4, 0.5) is 0 Å². The van der Waals surface area contributed by atoms with Gasteiger partial charge >= 0.3 is 20.0 Å². The Bertz CT molecular complexity index is 283. The van der Waals surface area contributed by atoms with Gasteiger partial charge in [0.1, 0.15) is 12.1 Å². The molecule has 0 rings (SSSR count). The third-order valence-corrected chi connectivity index (χ3v) is 3.15. The van der Waals surface area contributed by atoms with E-state index in [0.29, 0.717) is 0 Å². The van der Waals surface area contributed by atoms with Gasteiger partial charge in [-0.25, -0.2) is 0 Å². The molecule has 0 amide bonds. The zero-order chi connectivity index (χ0) is 14.1. The highest BCUT2D eigenvalue weighted by Crippen LogP contribution is 2.12. The Labute approximate surface area is 107 Å². The molecule has 0 fully saturated rings. The lowest BCUT2D eigenvalue weighted by Crippen LogP contribution is -2.37. The van der Waals surface area contributed by atoms with E-state index < -0.39 is 32.1 Å². The van der Waals surface area contributed by atoms with Gasteiger partial charge in [0, 0.05) is 0 Å². The summed E-state index contributed by atoms with van der Waals surface area (Å²) in [5.41, 5.74) is 0. The number of rotatable bonds is 8. The van der Waals surface area contributed by atoms with Crippen LogP contribution in [-0.2, 0) is 23.6 Å². The van der Waals surface area contributed by atoms with E-state index in [1.54, 1.807) is 13.8 Å². The third kappa shape index (κ3) is 6.64. The second kappa shape index (κ2) is 8.97. The molecule has 0 aliphatic heterocycles. The minimum atomic E-state index is -2.10. The van der Waals surface area contributed by atoms with Gasteiger partial charge in [-0.3, -0.25) is 9.59 Å². The van der Waals surface area contributed by atoms with Crippen molar-refractivity contribution in [1.29, 1.82) is 0 Å². The van der Waals surface area contributed by atoms with Crippen molar-refractivity contribution in [2.24, 2.45) is 0 Å². The highest BCUT2D eigenvalue weighted by atomic mass is 31.1. The summed E-state index contributed by atoms with van der Waals surface area (Å²) in [5.74, 6) is -0.988. The molecule has 0 saturated heterocycles. The van der Waals surface area contributed by atoms with Crippen LogP contribution in [0.1, 0.15) is 27.7 Å². The van der Waals surface area contributed by atoms with Crippen molar-refractivity contribution in [3.8, 4) is 0 Å².